The van der Waals surface area contributed by atoms with Crippen molar-refractivity contribution in [3.8, 4) is 0 Å². The zero-order valence-electron chi connectivity index (χ0n) is 5.98. The van der Waals surface area contributed by atoms with E-state index < -0.39 is 0 Å². The van der Waals surface area contributed by atoms with E-state index in [0.717, 1.165) is 19.4 Å². The van der Waals surface area contributed by atoms with E-state index in [-0.39, 0.29) is 6.17 Å². The zero-order valence-corrected chi connectivity index (χ0v) is 5.98. The van der Waals surface area contributed by atoms with E-state index in [0.29, 0.717) is 0 Å². The average molecular weight is 130 g/mol. The second-order valence-electron chi connectivity index (χ2n) is 1.73. The van der Waals surface area contributed by atoms with E-state index in [2.05, 4.69) is 10.6 Å². The van der Waals surface area contributed by atoms with Gasteiger partial charge in [-0.15, -0.1) is 0 Å². The number of nitrogens with one attached hydrogen (secondary N) is 2. The van der Waals surface area contributed by atoms with Crippen LogP contribution in [0.1, 0.15) is 13.8 Å². The molecule has 0 saturated carbocycles. The summed E-state index contributed by atoms with van der Waals surface area (Å²) >= 11 is 0. The largest absolute Gasteiger partial charge is 0.300 e. The maximum atomic E-state index is 10.2. The lowest BCUT2D eigenvalue weighted by Gasteiger charge is -2.09. The molecule has 0 aliphatic rings. The molecule has 0 fully saturated rings. The van der Waals surface area contributed by atoms with Crippen LogP contribution in [0, 0.1) is 0 Å². The molecule has 0 unspecified atom stereocenters. The van der Waals surface area contributed by atoms with Gasteiger partial charge in [-0.1, -0.05) is 13.8 Å². The quantitative estimate of drug-likeness (QED) is 0.397. The first-order chi connectivity index (χ1) is 4.35. The Labute approximate surface area is 55.8 Å². The SMILES string of the molecule is CCNC(C=O)NCC. The van der Waals surface area contributed by atoms with E-state index in [1.807, 2.05) is 13.8 Å². The van der Waals surface area contributed by atoms with Crippen LogP contribution in [0.25, 0.3) is 0 Å². The number of hydrogen-bond acceptors (Lipinski definition) is 3. The fraction of sp³-hybridized carbons (Fsp3) is 0.833. The van der Waals surface area contributed by atoms with Crippen LogP contribution in [0.3, 0.4) is 0 Å². The van der Waals surface area contributed by atoms with E-state index in [1.54, 1.807) is 0 Å². The predicted molar refractivity (Wildman–Crippen MR) is 37.2 cm³/mol. The number of likely N-dealkylation sites (N-methyl/N-ethyl adjacent to an activating group) is 2. The van der Waals surface area contributed by atoms with Gasteiger partial charge in [-0.25, -0.2) is 0 Å². The van der Waals surface area contributed by atoms with E-state index in [4.69, 9.17) is 0 Å². The van der Waals surface area contributed by atoms with Crippen LogP contribution in [0.2, 0.25) is 0 Å². The van der Waals surface area contributed by atoms with Crippen molar-refractivity contribution >= 4 is 6.29 Å². The van der Waals surface area contributed by atoms with E-state index in [1.165, 1.54) is 0 Å². The summed E-state index contributed by atoms with van der Waals surface area (Å²) in [4.78, 5) is 10.2. The molecule has 0 heterocycles. The number of hydrogen-bond donors (Lipinski definition) is 2. The van der Waals surface area contributed by atoms with Gasteiger partial charge in [0.05, 0.1) is 0 Å². The molecule has 3 heteroatoms. The summed E-state index contributed by atoms with van der Waals surface area (Å²) in [5.74, 6) is 0. The normalized spacial score (nSPS) is 10.1. The van der Waals surface area contributed by atoms with Gasteiger partial charge in [0, 0.05) is 0 Å². The van der Waals surface area contributed by atoms with Gasteiger partial charge in [0.15, 0.2) is 6.29 Å². The zero-order chi connectivity index (χ0) is 7.11. The van der Waals surface area contributed by atoms with Crippen LogP contribution >= 0.6 is 0 Å². The molecule has 0 spiro atoms. The highest BCUT2D eigenvalue weighted by Gasteiger charge is 1.98. The van der Waals surface area contributed by atoms with Gasteiger partial charge < -0.3 is 4.79 Å². The Bertz CT molecular complexity index is 69.5. The summed E-state index contributed by atoms with van der Waals surface area (Å²) in [7, 11) is 0. The molecule has 0 aromatic heterocycles. The first-order valence-electron chi connectivity index (χ1n) is 3.27. The minimum absolute atomic E-state index is 0.167. The fourth-order valence-electron chi connectivity index (χ4n) is 0.608. The molecule has 3 nitrogen and oxygen atoms in total. The van der Waals surface area contributed by atoms with Crippen molar-refractivity contribution in [3.63, 3.8) is 0 Å². The first kappa shape index (κ1) is 8.59. The number of carbonyl (C=O) groups is 1. The number of rotatable bonds is 5. The van der Waals surface area contributed by atoms with Crippen molar-refractivity contribution in [2.24, 2.45) is 0 Å². The van der Waals surface area contributed by atoms with Crippen LogP contribution in [-0.4, -0.2) is 25.5 Å². The third-order valence-corrected chi connectivity index (χ3v) is 0.984. The molecular formula is C6H14N2O. The summed E-state index contributed by atoms with van der Waals surface area (Å²) in [6, 6.07) is 0. The maximum Gasteiger partial charge on any atom is 0.151 e. The van der Waals surface area contributed by atoms with Gasteiger partial charge in [-0.2, -0.15) is 0 Å². The molecule has 54 valence electrons. The Morgan fingerprint density at radius 3 is 2.00 bits per heavy atom. The maximum absolute atomic E-state index is 10.2. The Balaban J connectivity index is 3.29. The lowest BCUT2D eigenvalue weighted by Crippen LogP contribution is -2.43. The summed E-state index contributed by atoms with van der Waals surface area (Å²) in [5, 5.41) is 5.91. The minimum atomic E-state index is -0.167. The first-order valence-corrected chi connectivity index (χ1v) is 3.27. The minimum Gasteiger partial charge on any atom is -0.300 e. The van der Waals surface area contributed by atoms with Crippen molar-refractivity contribution in [2.45, 2.75) is 20.0 Å². The number of aldehydes is 1. The topological polar surface area (TPSA) is 41.1 Å². The third-order valence-electron chi connectivity index (χ3n) is 0.984. The molecule has 0 radical (unpaired) electrons. The molecule has 0 saturated heterocycles. The van der Waals surface area contributed by atoms with E-state index >= 15 is 0 Å². The molecule has 0 aliphatic heterocycles. The van der Waals surface area contributed by atoms with Crippen molar-refractivity contribution in [1.29, 1.82) is 0 Å². The van der Waals surface area contributed by atoms with Gasteiger partial charge in [0.25, 0.3) is 0 Å². The molecule has 0 atom stereocenters. The molecule has 9 heavy (non-hydrogen) atoms. The van der Waals surface area contributed by atoms with Gasteiger partial charge in [-0.3, -0.25) is 10.6 Å². The Morgan fingerprint density at radius 1 is 1.33 bits per heavy atom. The molecule has 0 aromatic rings. The molecule has 0 aromatic carbocycles. The van der Waals surface area contributed by atoms with Crippen molar-refractivity contribution < 1.29 is 4.79 Å². The monoisotopic (exact) mass is 130 g/mol. The molecule has 0 amide bonds. The molecule has 2 N–H and O–H groups in total. The van der Waals surface area contributed by atoms with Gasteiger partial charge in [-0.05, 0) is 13.1 Å². The number of carbonyl (C=O) groups excluding carboxylic acids is 1. The highest BCUT2D eigenvalue weighted by molar-refractivity contribution is 5.56. The molecular weight excluding hydrogens is 116 g/mol. The van der Waals surface area contributed by atoms with Gasteiger partial charge in [0.2, 0.25) is 0 Å². The molecule has 0 bridgehead atoms. The van der Waals surface area contributed by atoms with Gasteiger partial charge >= 0.3 is 0 Å². The van der Waals surface area contributed by atoms with Crippen LogP contribution < -0.4 is 10.6 Å². The van der Waals surface area contributed by atoms with E-state index in [9.17, 15) is 4.79 Å². The summed E-state index contributed by atoms with van der Waals surface area (Å²) in [6.45, 7) is 5.56. The van der Waals surface area contributed by atoms with Gasteiger partial charge in [0.1, 0.15) is 6.17 Å². The Morgan fingerprint density at radius 2 is 1.78 bits per heavy atom. The standard InChI is InChI=1S/C6H14N2O/c1-3-7-6(5-9)8-4-2/h5-8H,3-4H2,1-2H3. The summed E-state index contributed by atoms with van der Waals surface area (Å²) in [6.07, 6.45) is 0.701. The molecule has 0 rings (SSSR count). The lowest BCUT2D eigenvalue weighted by molar-refractivity contribution is -0.110. The summed E-state index contributed by atoms with van der Waals surface area (Å²) in [5.41, 5.74) is 0. The lowest BCUT2D eigenvalue weighted by atomic mass is 10.5. The van der Waals surface area contributed by atoms with Crippen LogP contribution in [0.5, 0.6) is 0 Å². The summed E-state index contributed by atoms with van der Waals surface area (Å²) < 4.78 is 0. The highest BCUT2D eigenvalue weighted by atomic mass is 16.1. The third kappa shape index (κ3) is 4.12. The van der Waals surface area contributed by atoms with Crippen molar-refractivity contribution in [1.82, 2.24) is 10.6 Å². The average Bonchev–Trinajstić information content (AvgIpc) is 1.88. The predicted octanol–water partition coefficient (Wildman–Crippen LogP) is -0.270. The van der Waals surface area contributed by atoms with Crippen LogP contribution in [0.4, 0.5) is 0 Å². The smallest absolute Gasteiger partial charge is 0.151 e. The fourth-order valence-corrected chi connectivity index (χ4v) is 0.608. The molecule has 0 aliphatic carbocycles. The van der Waals surface area contributed by atoms with Crippen LogP contribution in [-0.2, 0) is 4.79 Å². The van der Waals surface area contributed by atoms with Crippen LogP contribution in [0.15, 0.2) is 0 Å². The second kappa shape index (κ2) is 5.72. The Kier molecular flexibility index (Phi) is 5.46. The van der Waals surface area contributed by atoms with Crippen molar-refractivity contribution in [2.75, 3.05) is 13.1 Å². The Hall–Kier alpha value is -0.410. The van der Waals surface area contributed by atoms with Crippen molar-refractivity contribution in [3.05, 3.63) is 0 Å². The highest BCUT2D eigenvalue weighted by Crippen LogP contribution is 1.68. The second-order valence-corrected chi connectivity index (χ2v) is 1.73.